The van der Waals surface area contributed by atoms with Crippen LogP contribution in [0.3, 0.4) is 0 Å². The van der Waals surface area contributed by atoms with Crippen LogP contribution in [-0.2, 0) is 0 Å². The van der Waals surface area contributed by atoms with Crippen LogP contribution in [0, 0.1) is 19.7 Å². The molecule has 0 bridgehead atoms. The molecule has 0 spiro atoms. The van der Waals surface area contributed by atoms with Crippen LogP contribution in [0.5, 0.6) is 0 Å². The number of piperazine rings is 1. The summed E-state index contributed by atoms with van der Waals surface area (Å²) in [6, 6.07) is 15.3. The van der Waals surface area contributed by atoms with Gasteiger partial charge in [0, 0.05) is 38.9 Å². The normalized spacial score (nSPS) is 14.0. The van der Waals surface area contributed by atoms with Gasteiger partial charge in [0.2, 0.25) is 0 Å². The van der Waals surface area contributed by atoms with E-state index < -0.39 is 0 Å². The Morgan fingerprint density at radius 1 is 1.00 bits per heavy atom. The zero-order chi connectivity index (χ0) is 26.3. The van der Waals surface area contributed by atoms with Gasteiger partial charge in [0.15, 0.2) is 0 Å². The first-order valence-electron chi connectivity index (χ1n) is 12.6. The first-order chi connectivity index (χ1) is 17.7. The Bertz CT molecular complexity index is 1440. The minimum atomic E-state index is -0.230. The molecule has 37 heavy (non-hydrogen) atoms. The van der Waals surface area contributed by atoms with E-state index in [0.717, 1.165) is 27.3 Å². The highest BCUT2D eigenvalue weighted by atomic mass is 32.1. The molecule has 0 saturated carbocycles. The van der Waals surface area contributed by atoms with Gasteiger partial charge >= 0.3 is 0 Å². The number of rotatable bonds is 5. The minimum absolute atomic E-state index is 0.00114. The minimum Gasteiger partial charge on any atom is -0.366 e. The van der Waals surface area contributed by atoms with Crippen LogP contribution in [0.1, 0.15) is 46.4 Å². The Kier molecular flexibility index (Phi) is 6.86. The number of carbonyl (C=O) groups is 1. The lowest BCUT2D eigenvalue weighted by molar-refractivity contribution is 0.0751. The Labute approximate surface area is 221 Å². The van der Waals surface area contributed by atoms with Crippen molar-refractivity contribution < 1.29 is 9.18 Å². The lowest BCUT2D eigenvalue weighted by Crippen LogP contribution is -2.49. The molecular formula is C29H32FN5OS. The number of amides is 1. The summed E-state index contributed by atoms with van der Waals surface area (Å²) < 4.78 is 14.2. The number of carbonyl (C=O) groups excluding carboxylic acids is 1. The van der Waals surface area contributed by atoms with E-state index in [2.05, 4.69) is 48.0 Å². The first kappa shape index (κ1) is 25.1. The van der Waals surface area contributed by atoms with Crippen molar-refractivity contribution in [2.75, 3.05) is 43.0 Å². The largest absolute Gasteiger partial charge is 0.366 e. The van der Waals surface area contributed by atoms with E-state index in [9.17, 15) is 9.18 Å². The van der Waals surface area contributed by atoms with Crippen LogP contribution in [0.4, 0.5) is 21.6 Å². The Balaban J connectivity index is 1.42. The summed E-state index contributed by atoms with van der Waals surface area (Å²) in [5.74, 6) is 1.71. The number of hydrogen-bond acceptors (Lipinski definition) is 6. The summed E-state index contributed by atoms with van der Waals surface area (Å²) in [6.45, 7) is 10.5. The molecular weight excluding hydrogens is 485 g/mol. The molecule has 8 heteroatoms. The quantitative estimate of drug-likeness (QED) is 0.311. The van der Waals surface area contributed by atoms with Crippen molar-refractivity contribution in [3.05, 3.63) is 76.2 Å². The Morgan fingerprint density at radius 2 is 1.68 bits per heavy atom. The van der Waals surface area contributed by atoms with E-state index >= 15 is 0 Å². The predicted octanol–water partition coefficient (Wildman–Crippen LogP) is 6.30. The fraction of sp³-hybridized carbons (Fsp3) is 0.345. The van der Waals surface area contributed by atoms with E-state index in [1.54, 1.807) is 12.1 Å². The lowest BCUT2D eigenvalue weighted by Gasteiger charge is -2.36. The fourth-order valence-corrected chi connectivity index (χ4v) is 6.06. The molecule has 4 aromatic rings. The standard InChI is InChI=1S/C29H32FN5OS/c1-18(2)21-10-12-22(13-11-21)33(5)27-25-19(3)26(37-28(25)32-20(4)31-27)29(36)35-16-14-34(15-17-35)24-9-7-6-8-23(24)30/h6-13,18H,14-17H2,1-5H3. The molecule has 0 unspecified atom stereocenters. The number of thiophene rings is 1. The SMILES string of the molecule is Cc1nc(N(C)c2ccc(C(C)C)cc2)c2c(C)c(C(=O)N3CCN(c4ccccc4F)CC3)sc2n1. The van der Waals surface area contributed by atoms with Gasteiger partial charge < -0.3 is 14.7 Å². The third-order valence-corrected chi connectivity index (χ3v) is 8.28. The first-order valence-corrected chi connectivity index (χ1v) is 13.5. The number of aryl methyl sites for hydroxylation is 2. The molecule has 0 aliphatic carbocycles. The highest BCUT2D eigenvalue weighted by Gasteiger charge is 2.28. The van der Waals surface area contributed by atoms with E-state index in [1.807, 2.05) is 36.8 Å². The molecule has 0 N–H and O–H groups in total. The molecule has 1 fully saturated rings. The van der Waals surface area contributed by atoms with Crippen molar-refractivity contribution in [2.24, 2.45) is 0 Å². The van der Waals surface area contributed by atoms with Crippen molar-refractivity contribution in [3.8, 4) is 0 Å². The zero-order valence-electron chi connectivity index (χ0n) is 22.0. The second-order valence-corrected chi connectivity index (χ2v) is 10.9. The average Bonchev–Trinajstić information content (AvgIpc) is 3.23. The number of hydrogen-bond donors (Lipinski definition) is 0. The van der Waals surface area contributed by atoms with Crippen LogP contribution in [0.25, 0.3) is 10.2 Å². The highest BCUT2D eigenvalue weighted by molar-refractivity contribution is 7.20. The molecule has 5 rings (SSSR count). The summed E-state index contributed by atoms with van der Waals surface area (Å²) in [7, 11) is 2.01. The molecule has 2 aromatic heterocycles. The van der Waals surface area contributed by atoms with Gasteiger partial charge in [0.05, 0.1) is 16.0 Å². The maximum absolute atomic E-state index is 14.2. The second kappa shape index (κ2) is 10.1. The van der Waals surface area contributed by atoms with Crippen molar-refractivity contribution in [1.82, 2.24) is 14.9 Å². The summed E-state index contributed by atoms with van der Waals surface area (Å²) in [6.07, 6.45) is 0. The summed E-state index contributed by atoms with van der Waals surface area (Å²) >= 11 is 1.43. The molecule has 3 heterocycles. The summed E-state index contributed by atoms with van der Waals surface area (Å²) in [5, 5.41) is 0.916. The number of aromatic nitrogens is 2. The fourth-order valence-electron chi connectivity index (χ4n) is 4.88. The lowest BCUT2D eigenvalue weighted by atomic mass is 10.0. The average molecular weight is 518 g/mol. The number of fused-ring (bicyclic) bond motifs is 1. The molecule has 1 aliphatic rings. The number of nitrogens with zero attached hydrogens (tertiary/aromatic N) is 5. The Morgan fingerprint density at radius 3 is 2.32 bits per heavy atom. The summed E-state index contributed by atoms with van der Waals surface area (Å²) in [5.41, 5.74) is 3.82. The predicted molar refractivity (Wildman–Crippen MR) is 150 cm³/mol. The number of halogens is 1. The molecule has 192 valence electrons. The maximum atomic E-state index is 14.2. The molecule has 0 atom stereocenters. The zero-order valence-corrected chi connectivity index (χ0v) is 22.8. The van der Waals surface area contributed by atoms with Gasteiger partial charge in [-0.25, -0.2) is 14.4 Å². The molecule has 6 nitrogen and oxygen atoms in total. The molecule has 0 radical (unpaired) electrons. The van der Waals surface area contributed by atoms with Crippen LogP contribution < -0.4 is 9.80 Å². The van der Waals surface area contributed by atoms with Gasteiger partial charge in [-0.15, -0.1) is 11.3 Å². The third-order valence-electron chi connectivity index (χ3n) is 7.10. The van der Waals surface area contributed by atoms with Gasteiger partial charge in [0.25, 0.3) is 5.91 Å². The van der Waals surface area contributed by atoms with Gasteiger partial charge in [-0.1, -0.05) is 38.1 Å². The number of anilines is 3. The number of benzene rings is 2. The van der Waals surface area contributed by atoms with Crippen molar-refractivity contribution >= 4 is 44.7 Å². The molecule has 2 aromatic carbocycles. The molecule has 1 saturated heterocycles. The number of para-hydroxylation sites is 1. The van der Waals surface area contributed by atoms with Gasteiger partial charge in [-0.3, -0.25) is 4.79 Å². The van der Waals surface area contributed by atoms with Crippen LogP contribution >= 0.6 is 11.3 Å². The van der Waals surface area contributed by atoms with Crippen LogP contribution in [-0.4, -0.2) is 54.0 Å². The topological polar surface area (TPSA) is 52.6 Å². The van der Waals surface area contributed by atoms with Crippen molar-refractivity contribution in [2.45, 2.75) is 33.6 Å². The van der Waals surface area contributed by atoms with E-state index in [-0.39, 0.29) is 11.7 Å². The Hall–Kier alpha value is -3.52. The van der Waals surface area contributed by atoms with Gasteiger partial charge in [-0.05, 0) is 55.2 Å². The van der Waals surface area contributed by atoms with Gasteiger partial charge in [-0.2, -0.15) is 0 Å². The van der Waals surface area contributed by atoms with Crippen LogP contribution in [0.15, 0.2) is 48.5 Å². The molecule has 1 amide bonds. The van der Waals surface area contributed by atoms with E-state index in [1.165, 1.54) is 23.0 Å². The van der Waals surface area contributed by atoms with E-state index in [0.29, 0.717) is 48.5 Å². The maximum Gasteiger partial charge on any atom is 0.264 e. The van der Waals surface area contributed by atoms with Crippen LogP contribution in [0.2, 0.25) is 0 Å². The highest BCUT2D eigenvalue weighted by Crippen LogP contribution is 2.38. The smallest absolute Gasteiger partial charge is 0.264 e. The third kappa shape index (κ3) is 4.78. The molecule has 1 aliphatic heterocycles. The van der Waals surface area contributed by atoms with E-state index in [4.69, 9.17) is 4.98 Å². The van der Waals surface area contributed by atoms with Crippen molar-refractivity contribution in [1.29, 1.82) is 0 Å². The monoisotopic (exact) mass is 517 g/mol. The van der Waals surface area contributed by atoms with Gasteiger partial charge in [0.1, 0.15) is 22.3 Å². The second-order valence-electron chi connectivity index (χ2n) is 9.87. The van der Waals surface area contributed by atoms with Crippen molar-refractivity contribution in [3.63, 3.8) is 0 Å². The summed E-state index contributed by atoms with van der Waals surface area (Å²) in [4.78, 5) is 30.5.